The molecular weight excluding hydrogens is 350 g/mol. The molecule has 0 radical (unpaired) electrons. The summed E-state index contributed by atoms with van der Waals surface area (Å²) in [7, 11) is 0. The van der Waals surface area contributed by atoms with Crippen molar-refractivity contribution < 1.29 is 13.5 Å². The molecule has 0 amide bonds. The highest BCUT2D eigenvalue weighted by Crippen LogP contribution is 2.28. The van der Waals surface area contributed by atoms with Crippen molar-refractivity contribution in [2.24, 2.45) is 5.10 Å². The van der Waals surface area contributed by atoms with Crippen molar-refractivity contribution in [2.75, 3.05) is 0 Å². The van der Waals surface area contributed by atoms with Crippen molar-refractivity contribution in [1.82, 2.24) is 14.9 Å². The zero-order valence-electron chi connectivity index (χ0n) is 14.0. The number of halogens is 2. The summed E-state index contributed by atoms with van der Waals surface area (Å²) in [6.07, 6.45) is 2.94. The molecule has 1 heterocycles. The molecule has 1 aromatic heterocycles. The van der Waals surface area contributed by atoms with E-state index in [9.17, 15) is 8.78 Å². The van der Waals surface area contributed by atoms with E-state index in [1.165, 1.54) is 23.3 Å². The normalized spacial score (nSPS) is 11.5. The lowest BCUT2D eigenvalue weighted by molar-refractivity contribution is -0.0498. The van der Waals surface area contributed by atoms with Gasteiger partial charge in [0.05, 0.1) is 6.21 Å². The van der Waals surface area contributed by atoms with Crippen LogP contribution in [0, 0.1) is 0 Å². The van der Waals surface area contributed by atoms with Crippen molar-refractivity contribution in [3.05, 3.63) is 78.6 Å². The molecule has 0 N–H and O–H groups in total. The maximum Gasteiger partial charge on any atom is 0.387 e. The van der Waals surface area contributed by atoms with Gasteiger partial charge in [0.15, 0.2) is 5.82 Å². The molecule has 134 valence electrons. The van der Waals surface area contributed by atoms with Gasteiger partial charge < -0.3 is 4.74 Å². The molecule has 0 bridgehead atoms. The van der Waals surface area contributed by atoms with Crippen LogP contribution in [0.4, 0.5) is 8.78 Å². The van der Waals surface area contributed by atoms with Crippen LogP contribution in [0.1, 0.15) is 5.56 Å². The standard InChI is InChI=1S/C20H14F2N4O/c21-20(22)27-18-11-10-14-6-4-5-9-16(14)17(18)12-24-26-13-23-25-19(26)15-7-2-1-3-8-15/h1-13,20H/b24-12-. The predicted molar refractivity (Wildman–Crippen MR) is 99.0 cm³/mol. The third kappa shape index (κ3) is 3.52. The van der Waals surface area contributed by atoms with Crippen LogP contribution >= 0.6 is 0 Å². The summed E-state index contributed by atoms with van der Waals surface area (Å²) in [6.45, 7) is -2.92. The van der Waals surface area contributed by atoms with Crippen molar-refractivity contribution in [3.63, 3.8) is 0 Å². The second-order valence-corrected chi connectivity index (χ2v) is 5.69. The Bertz CT molecular complexity index is 1090. The largest absolute Gasteiger partial charge is 0.434 e. The van der Waals surface area contributed by atoms with E-state index in [1.807, 2.05) is 54.6 Å². The number of nitrogens with zero attached hydrogens (tertiary/aromatic N) is 4. The Hall–Kier alpha value is -3.61. The first-order valence-corrected chi connectivity index (χ1v) is 8.19. The number of benzene rings is 3. The van der Waals surface area contributed by atoms with Crippen molar-refractivity contribution >= 4 is 17.0 Å². The fourth-order valence-electron chi connectivity index (χ4n) is 2.82. The van der Waals surface area contributed by atoms with Gasteiger partial charge in [-0.1, -0.05) is 60.7 Å². The molecule has 27 heavy (non-hydrogen) atoms. The lowest BCUT2D eigenvalue weighted by Crippen LogP contribution is -2.05. The average molecular weight is 364 g/mol. The summed E-state index contributed by atoms with van der Waals surface area (Å²) in [4.78, 5) is 0. The molecular formula is C20H14F2N4O. The number of ether oxygens (including phenoxy) is 1. The zero-order valence-corrected chi connectivity index (χ0v) is 14.0. The van der Waals surface area contributed by atoms with Crippen molar-refractivity contribution in [1.29, 1.82) is 0 Å². The van der Waals surface area contributed by atoms with Gasteiger partial charge in [0.2, 0.25) is 0 Å². The van der Waals surface area contributed by atoms with Gasteiger partial charge >= 0.3 is 6.61 Å². The average Bonchev–Trinajstić information content (AvgIpc) is 3.16. The summed E-state index contributed by atoms with van der Waals surface area (Å²) >= 11 is 0. The summed E-state index contributed by atoms with van der Waals surface area (Å²) in [5, 5.41) is 14.0. The summed E-state index contributed by atoms with van der Waals surface area (Å²) in [6, 6.07) is 20.1. The van der Waals surface area contributed by atoms with E-state index in [4.69, 9.17) is 0 Å². The maximum atomic E-state index is 12.8. The van der Waals surface area contributed by atoms with Gasteiger partial charge in [0.25, 0.3) is 0 Å². The number of hydrogen-bond donors (Lipinski definition) is 0. The summed E-state index contributed by atoms with van der Waals surface area (Å²) in [5.74, 6) is 0.602. The second-order valence-electron chi connectivity index (χ2n) is 5.69. The third-order valence-corrected chi connectivity index (χ3v) is 4.02. The molecule has 4 aromatic rings. The van der Waals surface area contributed by atoms with Gasteiger partial charge in [0, 0.05) is 11.1 Å². The van der Waals surface area contributed by atoms with Crippen molar-refractivity contribution in [2.45, 2.75) is 6.61 Å². The molecule has 0 spiro atoms. The van der Waals surface area contributed by atoms with Crippen LogP contribution in [0.5, 0.6) is 5.75 Å². The smallest absolute Gasteiger partial charge is 0.387 e. The molecule has 0 fully saturated rings. The maximum absolute atomic E-state index is 12.8. The van der Waals surface area contributed by atoms with Crippen LogP contribution in [0.3, 0.4) is 0 Å². The minimum atomic E-state index is -2.92. The van der Waals surface area contributed by atoms with E-state index >= 15 is 0 Å². The molecule has 0 saturated carbocycles. The Labute approximate surface area is 153 Å². The Morgan fingerprint density at radius 2 is 1.74 bits per heavy atom. The lowest BCUT2D eigenvalue weighted by Gasteiger charge is -2.10. The highest BCUT2D eigenvalue weighted by atomic mass is 19.3. The van der Waals surface area contributed by atoms with E-state index in [1.54, 1.807) is 6.07 Å². The lowest BCUT2D eigenvalue weighted by atomic mass is 10.0. The van der Waals surface area contributed by atoms with Crippen LogP contribution in [0.2, 0.25) is 0 Å². The fourth-order valence-corrected chi connectivity index (χ4v) is 2.82. The molecule has 0 aliphatic heterocycles. The quantitative estimate of drug-likeness (QED) is 0.487. The van der Waals surface area contributed by atoms with Crippen LogP contribution in [-0.4, -0.2) is 27.7 Å². The zero-order chi connectivity index (χ0) is 18.6. The third-order valence-electron chi connectivity index (χ3n) is 4.02. The first-order chi connectivity index (χ1) is 13.2. The molecule has 7 heteroatoms. The first kappa shape index (κ1) is 16.8. The predicted octanol–water partition coefficient (Wildman–Crippen LogP) is 4.58. The topological polar surface area (TPSA) is 52.3 Å². The SMILES string of the molecule is FC(F)Oc1ccc2ccccc2c1/C=N\n1cnnc1-c1ccccc1. The van der Waals surface area contributed by atoms with Gasteiger partial charge in [0.1, 0.15) is 12.1 Å². The Balaban J connectivity index is 1.79. The Morgan fingerprint density at radius 1 is 0.963 bits per heavy atom. The fraction of sp³-hybridized carbons (Fsp3) is 0.0500. The molecule has 0 saturated heterocycles. The van der Waals surface area contributed by atoms with Gasteiger partial charge in [-0.05, 0) is 16.8 Å². The highest BCUT2D eigenvalue weighted by molar-refractivity contribution is 6.02. The van der Waals surface area contributed by atoms with Crippen molar-refractivity contribution in [3.8, 4) is 17.1 Å². The Kier molecular flexibility index (Phi) is 4.57. The molecule has 4 rings (SSSR count). The number of rotatable bonds is 5. The molecule has 3 aromatic carbocycles. The van der Waals surface area contributed by atoms with E-state index in [-0.39, 0.29) is 5.75 Å². The number of fused-ring (bicyclic) bond motifs is 1. The minimum Gasteiger partial charge on any atom is -0.434 e. The molecule has 0 unspecified atom stereocenters. The van der Waals surface area contributed by atoms with Gasteiger partial charge in [-0.15, -0.1) is 10.2 Å². The number of hydrogen-bond acceptors (Lipinski definition) is 4. The van der Waals surface area contributed by atoms with Crippen LogP contribution in [0.25, 0.3) is 22.2 Å². The molecule has 0 aliphatic rings. The van der Waals surface area contributed by atoms with Crippen LogP contribution in [0.15, 0.2) is 78.2 Å². The Morgan fingerprint density at radius 3 is 2.56 bits per heavy atom. The van der Waals surface area contributed by atoms with Crippen LogP contribution in [-0.2, 0) is 0 Å². The van der Waals surface area contributed by atoms with E-state index in [2.05, 4.69) is 20.0 Å². The molecule has 0 atom stereocenters. The highest BCUT2D eigenvalue weighted by Gasteiger charge is 2.12. The molecule has 0 aliphatic carbocycles. The number of aromatic nitrogens is 3. The van der Waals surface area contributed by atoms with Gasteiger partial charge in [-0.2, -0.15) is 18.6 Å². The number of alkyl halides is 2. The summed E-state index contributed by atoms with van der Waals surface area (Å²) in [5.41, 5.74) is 1.30. The monoisotopic (exact) mass is 364 g/mol. The van der Waals surface area contributed by atoms with Gasteiger partial charge in [-0.3, -0.25) is 0 Å². The van der Waals surface area contributed by atoms with E-state index < -0.39 is 6.61 Å². The van der Waals surface area contributed by atoms with Crippen LogP contribution < -0.4 is 4.74 Å². The summed E-state index contributed by atoms with van der Waals surface area (Å²) < 4.78 is 31.8. The second kappa shape index (κ2) is 7.33. The minimum absolute atomic E-state index is 0.0572. The van der Waals surface area contributed by atoms with E-state index in [0.29, 0.717) is 11.4 Å². The molecule has 5 nitrogen and oxygen atoms in total. The van der Waals surface area contributed by atoms with E-state index in [0.717, 1.165) is 16.3 Å². The first-order valence-electron chi connectivity index (χ1n) is 8.19. The van der Waals surface area contributed by atoms with Gasteiger partial charge in [-0.25, -0.2) is 0 Å².